The summed E-state index contributed by atoms with van der Waals surface area (Å²) in [6.45, 7) is 1.22. The van der Waals surface area contributed by atoms with Gasteiger partial charge in [-0.15, -0.1) is 0 Å². The zero-order chi connectivity index (χ0) is 11.6. The largest absolute Gasteiger partial charge is 0.454 e. The molecule has 0 aliphatic heterocycles. The Hall–Kier alpha value is -1.65. The van der Waals surface area contributed by atoms with E-state index < -0.39 is 17.5 Å². The van der Waals surface area contributed by atoms with Crippen molar-refractivity contribution in [2.24, 2.45) is 0 Å². The fourth-order valence-corrected chi connectivity index (χ4v) is 1.04. The lowest BCUT2D eigenvalue weighted by molar-refractivity contribution is -0.0885. The molecule has 0 spiro atoms. The molecule has 2 nitrogen and oxygen atoms in total. The van der Waals surface area contributed by atoms with Gasteiger partial charge in [-0.1, -0.05) is 18.2 Å². The SMILES string of the molecule is CC(=O)c1cccc(C(=O)C(F)(F)F)c1. The molecule has 1 rings (SSSR count). The summed E-state index contributed by atoms with van der Waals surface area (Å²) in [7, 11) is 0. The van der Waals surface area contributed by atoms with Crippen LogP contribution in [0.3, 0.4) is 0 Å². The molecule has 0 aliphatic rings. The van der Waals surface area contributed by atoms with Gasteiger partial charge in [-0.3, -0.25) is 9.59 Å². The predicted molar refractivity (Wildman–Crippen MR) is 46.8 cm³/mol. The molecule has 5 heteroatoms. The van der Waals surface area contributed by atoms with E-state index in [0.29, 0.717) is 0 Å². The molecule has 80 valence electrons. The Bertz CT molecular complexity index is 407. The van der Waals surface area contributed by atoms with Crippen molar-refractivity contribution in [1.82, 2.24) is 0 Å². The van der Waals surface area contributed by atoms with Crippen molar-refractivity contribution in [2.75, 3.05) is 0 Å². The van der Waals surface area contributed by atoms with E-state index in [1.165, 1.54) is 19.1 Å². The molecule has 0 aliphatic carbocycles. The molecular weight excluding hydrogens is 209 g/mol. The molecule has 0 heterocycles. The van der Waals surface area contributed by atoms with Gasteiger partial charge in [-0.05, 0) is 13.0 Å². The maximum Gasteiger partial charge on any atom is 0.454 e. The minimum atomic E-state index is -4.91. The lowest BCUT2D eigenvalue weighted by Crippen LogP contribution is -2.22. The molecule has 1 aromatic rings. The van der Waals surface area contributed by atoms with Gasteiger partial charge in [0, 0.05) is 11.1 Å². The van der Waals surface area contributed by atoms with Crippen LogP contribution < -0.4 is 0 Å². The highest BCUT2D eigenvalue weighted by atomic mass is 19.4. The van der Waals surface area contributed by atoms with E-state index in [2.05, 4.69) is 0 Å². The molecule has 0 amide bonds. The zero-order valence-corrected chi connectivity index (χ0v) is 7.76. The molecular formula is C10H7F3O2. The van der Waals surface area contributed by atoms with Gasteiger partial charge < -0.3 is 0 Å². The summed E-state index contributed by atoms with van der Waals surface area (Å²) in [5.74, 6) is -2.32. The summed E-state index contributed by atoms with van der Waals surface area (Å²) in [5.41, 5.74) is -0.430. The van der Waals surface area contributed by atoms with Crippen molar-refractivity contribution < 1.29 is 22.8 Å². The van der Waals surface area contributed by atoms with E-state index >= 15 is 0 Å². The zero-order valence-electron chi connectivity index (χ0n) is 7.76. The first-order valence-electron chi connectivity index (χ1n) is 4.05. The van der Waals surface area contributed by atoms with Crippen molar-refractivity contribution in [1.29, 1.82) is 0 Å². The highest BCUT2D eigenvalue weighted by molar-refractivity contribution is 6.03. The van der Waals surface area contributed by atoms with Crippen LogP contribution in [0.15, 0.2) is 24.3 Å². The molecule has 15 heavy (non-hydrogen) atoms. The second kappa shape index (κ2) is 3.84. The van der Waals surface area contributed by atoms with Gasteiger partial charge in [0.1, 0.15) is 0 Å². The average Bonchev–Trinajstić information content (AvgIpc) is 2.15. The smallest absolute Gasteiger partial charge is 0.295 e. The minimum Gasteiger partial charge on any atom is -0.295 e. The highest BCUT2D eigenvalue weighted by Crippen LogP contribution is 2.21. The van der Waals surface area contributed by atoms with Crippen molar-refractivity contribution in [3.63, 3.8) is 0 Å². The molecule has 0 bridgehead atoms. The molecule has 0 aromatic heterocycles. The van der Waals surface area contributed by atoms with Gasteiger partial charge in [0.2, 0.25) is 0 Å². The monoisotopic (exact) mass is 216 g/mol. The third-order valence-electron chi connectivity index (χ3n) is 1.79. The Morgan fingerprint density at radius 2 is 1.67 bits per heavy atom. The number of alkyl halides is 3. The number of carbonyl (C=O) groups excluding carboxylic acids is 2. The lowest BCUT2D eigenvalue weighted by atomic mass is 10.1. The van der Waals surface area contributed by atoms with E-state index in [4.69, 9.17) is 0 Å². The summed E-state index contributed by atoms with van der Waals surface area (Å²) in [4.78, 5) is 21.7. The summed E-state index contributed by atoms with van der Waals surface area (Å²) >= 11 is 0. The van der Waals surface area contributed by atoms with Gasteiger partial charge in [-0.2, -0.15) is 13.2 Å². The van der Waals surface area contributed by atoms with Gasteiger partial charge in [0.25, 0.3) is 5.78 Å². The summed E-state index contributed by atoms with van der Waals surface area (Å²) in [5, 5.41) is 0. The quantitative estimate of drug-likeness (QED) is 0.712. The minimum absolute atomic E-state index is 0.0881. The van der Waals surface area contributed by atoms with E-state index in [1.807, 2.05) is 0 Å². The fourth-order valence-electron chi connectivity index (χ4n) is 1.04. The maximum absolute atomic E-state index is 12.0. The van der Waals surface area contributed by atoms with E-state index in [-0.39, 0.29) is 11.3 Å². The van der Waals surface area contributed by atoms with Crippen LogP contribution in [-0.4, -0.2) is 17.7 Å². The predicted octanol–water partition coefficient (Wildman–Crippen LogP) is 2.63. The van der Waals surface area contributed by atoms with Crippen LogP contribution in [0.1, 0.15) is 27.6 Å². The van der Waals surface area contributed by atoms with Gasteiger partial charge in [0.15, 0.2) is 5.78 Å². The Labute approximate surface area is 83.7 Å². The molecule has 0 unspecified atom stereocenters. The van der Waals surface area contributed by atoms with E-state index in [1.54, 1.807) is 0 Å². The summed E-state index contributed by atoms with van der Waals surface area (Å²) in [6, 6.07) is 4.58. The second-order valence-corrected chi connectivity index (χ2v) is 2.96. The Kier molecular flexibility index (Phi) is 2.93. The number of ketones is 2. The first-order chi connectivity index (χ1) is 6.82. The summed E-state index contributed by atoms with van der Waals surface area (Å²) < 4.78 is 36.1. The standard InChI is InChI=1S/C10H7F3O2/c1-6(14)7-3-2-4-8(5-7)9(15)10(11,12)13/h2-5H,1H3. The van der Waals surface area contributed by atoms with E-state index in [9.17, 15) is 22.8 Å². The van der Waals surface area contributed by atoms with Crippen LogP contribution in [0.2, 0.25) is 0 Å². The number of hydrogen-bond donors (Lipinski definition) is 0. The summed E-state index contributed by atoms with van der Waals surface area (Å²) in [6.07, 6.45) is -4.91. The van der Waals surface area contributed by atoms with Crippen LogP contribution >= 0.6 is 0 Å². The van der Waals surface area contributed by atoms with Crippen LogP contribution in [0.4, 0.5) is 13.2 Å². The Balaban J connectivity index is 3.12. The first-order valence-corrected chi connectivity index (χ1v) is 4.05. The maximum atomic E-state index is 12.0. The third-order valence-corrected chi connectivity index (χ3v) is 1.79. The molecule has 1 aromatic carbocycles. The van der Waals surface area contributed by atoms with Gasteiger partial charge in [0.05, 0.1) is 0 Å². The molecule has 0 N–H and O–H groups in total. The lowest BCUT2D eigenvalue weighted by Gasteiger charge is -2.05. The number of benzene rings is 1. The second-order valence-electron chi connectivity index (χ2n) is 2.96. The van der Waals surface area contributed by atoms with Gasteiger partial charge >= 0.3 is 6.18 Å². The number of Topliss-reactive ketones (excluding diaryl/α,β-unsaturated/α-hetero) is 2. The number of rotatable bonds is 2. The Morgan fingerprint density at radius 1 is 1.13 bits per heavy atom. The van der Waals surface area contributed by atoms with Crippen LogP contribution in [0, 0.1) is 0 Å². The fraction of sp³-hybridized carbons (Fsp3) is 0.200. The first kappa shape index (κ1) is 11.4. The van der Waals surface area contributed by atoms with Crippen LogP contribution in [0.25, 0.3) is 0 Å². The van der Waals surface area contributed by atoms with Crippen molar-refractivity contribution >= 4 is 11.6 Å². The van der Waals surface area contributed by atoms with Crippen molar-refractivity contribution in [2.45, 2.75) is 13.1 Å². The topological polar surface area (TPSA) is 34.1 Å². The molecule has 0 radical (unpaired) electrons. The third kappa shape index (κ3) is 2.65. The number of halogens is 3. The molecule has 0 saturated heterocycles. The average molecular weight is 216 g/mol. The highest BCUT2D eigenvalue weighted by Gasteiger charge is 2.39. The van der Waals surface area contributed by atoms with Gasteiger partial charge in [-0.25, -0.2) is 0 Å². The number of hydrogen-bond acceptors (Lipinski definition) is 2. The number of carbonyl (C=O) groups is 2. The molecule has 0 fully saturated rings. The van der Waals surface area contributed by atoms with E-state index in [0.717, 1.165) is 12.1 Å². The van der Waals surface area contributed by atoms with Crippen molar-refractivity contribution in [3.05, 3.63) is 35.4 Å². The van der Waals surface area contributed by atoms with Crippen molar-refractivity contribution in [3.8, 4) is 0 Å². The molecule has 0 saturated carbocycles. The normalized spacial score (nSPS) is 11.2. The Morgan fingerprint density at radius 3 is 2.13 bits per heavy atom. The molecule has 0 atom stereocenters. The van der Waals surface area contributed by atoms with Crippen LogP contribution in [-0.2, 0) is 0 Å². The van der Waals surface area contributed by atoms with Crippen LogP contribution in [0.5, 0.6) is 0 Å².